The number of methoxy groups -OCH3 is 1. The van der Waals surface area contributed by atoms with Crippen LogP contribution in [0, 0.1) is 0 Å². The third-order valence-electron chi connectivity index (χ3n) is 3.65. The van der Waals surface area contributed by atoms with Crippen molar-refractivity contribution >= 4 is 26.8 Å². The predicted molar refractivity (Wildman–Crippen MR) is 80.7 cm³/mol. The van der Waals surface area contributed by atoms with Gasteiger partial charge in [-0.2, -0.15) is 0 Å². The highest BCUT2D eigenvalue weighted by Crippen LogP contribution is 2.48. The summed E-state index contributed by atoms with van der Waals surface area (Å²) in [5.41, 5.74) is 0.846. The maximum Gasteiger partial charge on any atom is 0.224 e. The minimum atomic E-state index is -0.735. The molecule has 1 aliphatic rings. The number of ether oxygens (including phenoxy) is 2. The average molecular weight is 338 g/mol. The number of nitrogens with zero attached hydrogens (tertiary/aromatic N) is 1. The Morgan fingerprint density at radius 2 is 2.05 bits per heavy atom. The normalized spacial score (nSPS) is 24.1. The van der Waals surface area contributed by atoms with Crippen LogP contribution in [0.15, 0.2) is 24.3 Å². The molecule has 3 rings (SSSR count). The van der Waals surface area contributed by atoms with E-state index in [9.17, 15) is 5.11 Å². The lowest BCUT2D eigenvalue weighted by Gasteiger charge is -2.39. The van der Waals surface area contributed by atoms with Crippen LogP contribution in [0.3, 0.4) is 0 Å². The van der Waals surface area contributed by atoms with Crippen LogP contribution in [-0.4, -0.2) is 27.6 Å². The van der Waals surface area contributed by atoms with Crippen molar-refractivity contribution in [3.05, 3.63) is 29.8 Å². The number of para-hydroxylation sites is 1. The van der Waals surface area contributed by atoms with Crippen molar-refractivity contribution < 1.29 is 14.6 Å². The number of aliphatic hydroxyl groups excluding tert-OH is 1. The Balaban J connectivity index is 2.33. The van der Waals surface area contributed by atoms with Crippen LogP contribution in [0.2, 0.25) is 0 Å². The van der Waals surface area contributed by atoms with E-state index < -0.39 is 11.7 Å². The molecule has 1 aliphatic heterocycles. The Hall–Kier alpha value is -1.33. The maximum absolute atomic E-state index is 10.6. The number of alkyl halides is 1. The molecule has 1 N–H and O–H groups in total. The Morgan fingerprint density at radius 1 is 1.35 bits per heavy atom. The summed E-state index contributed by atoms with van der Waals surface area (Å²) in [6, 6.07) is 7.67. The minimum absolute atomic E-state index is 0.237. The van der Waals surface area contributed by atoms with Crippen molar-refractivity contribution in [2.75, 3.05) is 7.11 Å². The number of hydrogen-bond acceptors (Lipinski definition) is 4. The van der Waals surface area contributed by atoms with E-state index in [0.29, 0.717) is 17.2 Å². The summed E-state index contributed by atoms with van der Waals surface area (Å²) in [7, 11) is 1.60. The standard InChI is InChI=1S/C15H16BrNO3/c1-15(2)13(16)11(18)10-12(19-3)8-6-4-5-7-9(8)17-14(10)20-15/h4-7,11,13,18H,1-3H3/t11-,13+/m1/s1. The molecule has 2 aromatic rings. The number of pyridine rings is 1. The Labute approximate surface area is 125 Å². The monoisotopic (exact) mass is 337 g/mol. The number of halogens is 1. The van der Waals surface area contributed by atoms with Gasteiger partial charge in [-0.15, -0.1) is 0 Å². The number of aromatic nitrogens is 1. The molecule has 0 aliphatic carbocycles. The molecular weight excluding hydrogens is 322 g/mol. The highest BCUT2D eigenvalue weighted by atomic mass is 79.9. The van der Waals surface area contributed by atoms with Crippen LogP contribution in [0.5, 0.6) is 11.6 Å². The van der Waals surface area contributed by atoms with E-state index in [1.165, 1.54) is 0 Å². The van der Waals surface area contributed by atoms with Gasteiger partial charge in [0, 0.05) is 5.39 Å². The maximum atomic E-state index is 10.6. The molecule has 106 valence electrons. The summed E-state index contributed by atoms with van der Waals surface area (Å²) in [6.07, 6.45) is -0.735. The number of fused-ring (bicyclic) bond motifs is 2. The predicted octanol–water partition coefficient (Wildman–Crippen LogP) is 3.21. The van der Waals surface area contributed by atoms with Gasteiger partial charge >= 0.3 is 0 Å². The van der Waals surface area contributed by atoms with Gasteiger partial charge in [-0.3, -0.25) is 0 Å². The Morgan fingerprint density at radius 3 is 2.75 bits per heavy atom. The van der Waals surface area contributed by atoms with Gasteiger partial charge in [-0.25, -0.2) is 4.98 Å². The first-order valence-electron chi connectivity index (χ1n) is 6.43. The molecule has 1 aromatic carbocycles. The second kappa shape index (κ2) is 4.60. The SMILES string of the molecule is COc1c2c(nc3ccccc13)OC(C)(C)[C@@H](Br)[C@@H]2O. The second-order valence-electron chi connectivity index (χ2n) is 5.43. The van der Waals surface area contributed by atoms with E-state index in [1.807, 2.05) is 38.1 Å². The zero-order chi connectivity index (χ0) is 14.5. The van der Waals surface area contributed by atoms with Gasteiger partial charge < -0.3 is 14.6 Å². The summed E-state index contributed by atoms with van der Waals surface area (Å²) in [6.45, 7) is 3.84. The molecule has 1 aromatic heterocycles. The molecule has 5 heteroatoms. The average Bonchev–Trinajstić information content (AvgIpc) is 2.42. The number of aliphatic hydroxyl groups is 1. The van der Waals surface area contributed by atoms with E-state index in [2.05, 4.69) is 20.9 Å². The third-order valence-corrected chi connectivity index (χ3v) is 5.25. The quantitative estimate of drug-likeness (QED) is 0.812. The van der Waals surface area contributed by atoms with E-state index in [-0.39, 0.29) is 4.83 Å². The molecule has 0 saturated heterocycles. The first-order chi connectivity index (χ1) is 9.45. The van der Waals surface area contributed by atoms with Gasteiger partial charge in [-0.1, -0.05) is 28.1 Å². The van der Waals surface area contributed by atoms with Crippen molar-refractivity contribution in [1.29, 1.82) is 0 Å². The van der Waals surface area contributed by atoms with Gasteiger partial charge in [0.25, 0.3) is 0 Å². The van der Waals surface area contributed by atoms with Gasteiger partial charge in [0.05, 0.1) is 23.0 Å². The Bertz CT molecular complexity index is 671. The first kappa shape index (κ1) is 13.6. The topological polar surface area (TPSA) is 51.6 Å². The lowest BCUT2D eigenvalue weighted by molar-refractivity contribution is 0.0171. The first-order valence-corrected chi connectivity index (χ1v) is 7.35. The van der Waals surface area contributed by atoms with E-state index >= 15 is 0 Å². The summed E-state index contributed by atoms with van der Waals surface area (Å²) >= 11 is 3.51. The highest BCUT2D eigenvalue weighted by molar-refractivity contribution is 9.09. The van der Waals surface area contributed by atoms with Gasteiger partial charge in [0.1, 0.15) is 17.5 Å². The van der Waals surface area contributed by atoms with Crippen molar-refractivity contribution in [2.24, 2.45) is 0 Å². The molecule has 0 spiro atoms. The summed E-state index contributed by atoms with van der Waals surface area (Å²) < 4.78 is 11.5. The number of hydrogen-bond donors (Lipinski definition) is 1. The van der Waals surface area contributed by atoms with Crippen LogP contribution in [0.25, 0.3) is 10.9 Å². The minimum Gasteiger partial charge on any atom is -0.495 e. The van der Waals surface area contributed by atoms with Crippen LogP contribution in [-0.2, 0) is 0 Å². The molecule has 2 atom stereocenters. The summed E-state index contributed by atoms with van der Waals surface area (Å²) in [5.74, 6) is 1.06. The fourth-order valence-electron chi connectivity index (χ4n) is 2.57. The molecular formula is C15H16BrNO3. The largest absolute Gasteiger partial charge is 0.495 e. The van der Waals surface area contributed by atoms with Crippen LogP contribution < -0.4 is 9.47 Å². The number of benzene rings is 1. The smallest absolute Gasteiger partial charge is 0.224 e. The fourth-order valence-corrected chi connectivity index (χ4v) is 2.92. The molecule has 0 unspecified atom stereocenters. The summed E-state index contributed by atoms with van der Waals surface area (Å²) in [5, 5.41) is 11.5. The van der Waals surface area contributed by atoms with Gasteiger partial charge in [0.2, 0.25) is 5.88 Å². The fraction of sp³-hybridized carbons (Fsp3) is 0.400. The van der Waals surface area contributed by atoms with Crippen molar-refractivity contribution in [2.45, 2.75) is 30.4 Å². The Kier molecular flexibility index (Phi) is 3.14. The lowest BCUT2D eigenvalue weighted by Crippen LogP contribution is -2.45. The highest BCUT2D eigenvalue weighted by Gasteiger charge is 2.44. The van der Waals surface area contributed by atoms with Crippen LogP contribution in [0.1, 0.15) is 25.5 Å². The molecule has 0 radical (unpaired) electrons. The van der Waals surface area contributed by atoms with Crippen LogP contribution >= 0.6 is 15.9 Å². The van der Waals surface area contributed by atoms with Gasteiger partial charge in [-0.05, 0) is 26.0 Å². The number of rotatable bonds is 1. The van der Waals surface area contributed by atoms with E-state index in [0.717, 1.165) is 10.9 Å². The van der Waals surface area contributed by atoms with Crippen molar-refractivity contribution in [3.8, 4) is 11.6 Å². The second-order valence-corrected chi connectivity index (χ2v) is 6.42. The molecule has 0 saturated carbocycles. The molecule has 0 fully saturated rings. The zero-order valence-corrected chi connectivity index (χ0v) is 13.1. The van der Waals surface area contributed by atoms with Crippen molar-refractivity contribution in [3.63, 3.8) is 0 Å². The third kappa shape index (κ3) is 1.88. The van der Waals surface area contributed by atoms with E-state index in [4.69, 9.17) is 9.47 Å². The summed E-state index contributed by atoms with van der Waals surface area (Å²) in [4.78, 5) is 4.29. The zero-order valence-electron chi connectivity index (χ0n) is 11.6. The molecule has 20 heavy (non-hydrogen) atoms. The molecule has 4 nitrogen and oxygen atoms in total. The lowest BCUT2D eigenvalue weighted by atomic mass is 9.91. The van der Waals surface area contributed by atoms with Gasteiger partial charge in [0.15, 0.2) is 0 Å². The van der Waals surface area contributed by atoms with E-state index in [1.54, 1.807) is 7.11 Å². The van der Waals surface area contributed by atoms with Crippen molar-refractivity contribution in [1.82, 2.24) is 4.98 Å². The molecule has 0 amide bonds. The van der Waals surface area contributed by atoms with Crippen LogP contribution in [0.4, 0.5) is 0 Å². The molecule has 2 heterocycles. The molecule has 0 bridgehead atoms.